The lowest BCUT2D eigenvalue weighted by atomic mass is 10.1. The van der Waals surface area contributed by atoms with E-state index >= 15 is 0 Å². The van der Waals surface area contributed by atoms with Gasteiger partial charge in [-0.1, -0.05) is 48.0 Å². The van der Waals surface area contributed by atoms with Gasteiger partial charge < -0.3 is 15.4 Å². The smallest absolute Gasteiger partial charge is 0.270 e. The van der Waals surface area contributed by atoms with Gasteiger partial charge in [0.1, 0.15) is 23.1 Å². The number of carbonyl (C=O) groups excluding carboxylic acids is 2. The number of hydrogen-bond acceptors (Lipinski definition) is 5. The van der Waals surface area contributed by atoms with Crippen LogP contribution in [0.3, 0.4) is 0 Å². The fraction of sp³-hybridized carbons (Fsp3) is 0.160. The van der Waals surface area contributed by atoms with Gasteiger partial charge >= 0.3 is 0 Å². The highest BCUT2D eigenvalue weighted by atomic mass is 32.1. The monoisotopic (exact) mass is 445 g/mol. The Bertz CT molecular complexity index is 1230. The van der Waals surface area contributed by atoms with Crippen LogP contribution in [0.25, 0.3) is 10.8 Å². The Morgan fingerprint density at radius 2 is 1.62 bits per heavy atom. The van der Waals surface area contributed by atoms with Crippen LogP contribution in [0.15, 0.2) is 72.1 Å². The van der Waals surface area contributed by atoms with Crippen molar-refractivity contribution in [1.29, 1.82) is 0 Å². The third-order valence-corrected chi connectivity index (χ3v) is 5.70. The maximum atomic E-state index is 12.4. The lowest BCUT2D eigenvalue weighted by molar-refractivity contribution is 0.0925. The third-order valence-electron chi connectivity index (χ3n) is 4.88. The molecule has 1 heterocycles. The molecule has 3 aromatic carbocycles. The van der Waals surface area contributed by atoms with Crippen LogP contribution in [0.2, 0.25) is 0 Å². The molecule has 0 unspecified atom stereocenters. The average molecular weight is 446 g/mol. The molecule has 0 atom stereocenters. The molecule has 32 heavy (non-hydrogen) atoms. The summed E-state index contributed by atoms with van der Waals surface area (Å²) < 4.78 is 5.70. The van der Waals surface area contributed by atoms with Gasteiger partial charge in [-0.25, -0.2) is 4.98 Å². The maximum absolute atomic E-state index is 12.4. The number of thiazole rings is 1. The molecule has 0 saturated heterocycles. The number of amides is 2. The number of nitrogens with one attached hydrogen (secondary N) is 2. The molecule has 0 spiro atoms. The van der Waals surface area contributed by atoms with E-state index in [-0.39, 0.29) is 11.8 Å². The summed E-state index contributed by atoms with van der Waals surface area (Å²) in [4.78, 5) is 29.0. The number of rotatable bonds is 8. The first kappa shape index (κ1) is 21.5. The molecule has 2 amide bonds. The van der Waals surface area contributed by atoms with Crippen molar-refractivity contribution in [2.24, 2.45) is 0 Å². The Morgan fingerprint density at radius 1 is 0.906 bits per heavy atom. The minimum Gasteiger partial charge on any atom is -0.486 e. The summed E-state index contributed by atoms with van der Waals surface area (Å²) in [7, 11) is 0. The van der Waals surface area contributed by atoms with E-state index in [0.29, 0.717) is 31.0 Å². The molecule has 4 rings (SSSR count). The number of fused-ring (bicyclic) bond motifs is 1. The van der Waals surface area contributed by atoms with Gasteiger partial charge in [0.2, 0.25) is 0 Å². The highest BCUT2D eigenvalue weighted by Gasteiger charge is 2.11. The van der Waals surface area contributed by atoms with Crippen molar-refractivity contribution in [3.8, 4) is 5.75 Å². The zero-order valence-electron chi connectivity index (χ0n) is 17.6. The number of ether oxygens (including phenoxy) is 1. The number of aromatic nitrogens is 1. The number of hydrogen-bond donors (Lipinski definition) is 2. The Labute approximate surface area is 190 Å². The van der Waals surface area contributed by atoms with Crippen LogP contribution in [-0.4, -0.2) is 29.9 Å². The van der Waals surface area contributed by atoms with Crippen LogP contribution in [0.5, 0.6) is 5.75 Å². The van der Waals surface area contributed by atoms with E-state index < -0.39 is 0 Å². The first-order valence-electron chi connectivity index (χ1n) is 10.3. The van der Waals surface area contributed by atoms with Crippen molar-refractivity contribution >= 4 is 33.9 Å². The highest BCUT2D eigenvalue weighted by molar-refractivity contribution is 7.09. The van der Waals surface area contributed by atoms with Gasteiger partial charge in [-0.05, 0) is 42.0 Å². The molecule has 0 bridgehead atoms. The molecule has 0 aliphatic carbocycles. The predicted octanol–water partition coefficient (Wildman–Crippen LogP) is 4.34. The van der Waals surface area contributed by atoms with Crippen LogP contribution in [0.4, 0.5) is 0 Å². The Morgan fingerprint density at radius 3 is 2.41 bits per heavy atom. The van der Waals surface area contributed by atoms with Crippen molar-refractivity contribution < 1.29 is 14.3 Å². The van der Waals surface area contributed by atoms with Gasteiger partial charge in [-0.2, -0.15) is 0 Å². The molecule has 1 aromatic heterocycles. The summed E-state index contributed by atoms with van der Waals surface area (Å²) in [6.07, 6.45) is 0. The number of aryl methyl sites for hydroxylation is 1. The summed E-state index contributed by atoms with van der Waals surface area (Å²) in [5, 5.41) is 10.1. The zero-order chi connectivity index (χ0) is 22.3. The van der Waals surface area contributed by atoms with Crippen molar-refractivity contribution in [3.05, 3.63) is 93.9 Å². The van der Waals surface area contributed by atoms with Crippen LogP contribution in [-0.2, 0) is 6.61 Å². The third kappa shape index (κ3) is 5.50. The average Bonchev–Trinajstić information content (AvgIpc) is 3.30. The molecule has 0 radical (unpaired) electrons. The van der Waals surface area contributed by atoms with Gasteiger partial charge in [0.05, 0.1) is 0 Å². The van der Waals surface area contributed by atoms with Gasteiger partial charge in [-0.15, -0.1) is 11.3 Å². The summed E-state index contributed by atoms with van der Waals surface area (Å²) in [5.74, 6) is 0.316. The summed E-state index contributed by atoms with van der Waals surface area (Å²) in [6, 6.07) is 21.2. The van der Waals surface area contributed by atoms with E-state index in [4.69, 9.17) is 4.74 Å². The number of carbonyl (C=O) groups is 2. The normalized spacial score (nSPS) is 10.7. The van der Waals surface area contributed by atoms with E-state index in [1.54, 1.807) is 11.4 Å². The Hall–Kier alpha value is -3.71. The molecular weight excluding hydrogens is 422 g/mol. The highest BCUT2D eigenvalue weighted by Crippen LogP contribution is 2.17. The topological polar surface area (TPSA) is 80.3 Å². The van der Waals surface area contributed by atoms with Crippen LogP contribution < -0.4 is 15.4 Å². The molecule has 7 heteroatoms. The van der Waals surface area contributed by atoms with Crippen LogP contribution in [0.1, 0.15) is 31.4 Å². The predicted molar refractivity (Wildman–Crippen MR) is 126 cm³/mol. The lowest BCUT2D eigenvalue weighted by Crippen LogP contribution is -2.34. The van der Waals surface area contributed by atoms with E-state index in [1.807, 2.05) is 67.6 Å². The van der Waals surface area contributed by atoms with E-state index in [2.05, 4.69) is 15.6 Å². The summed E-state index contributed by atoms with van der Waals surface area (Å²) in [5.41, 5.74) is 2.10. The fourth-order valence-corrected chi connectivity index (χ4v) is 3.82. The molecule has 162 valence electrons. The van der Waals surface area contributed by atoms with E-state index in [1.165, 1.54) is 16.9 Å². The molecule has 0 saturated carbocycles. The lowest BCUT2D eigenvalue weighted by Gasteiger charge is -2.07. The number of nitrogens with zero attached hydrogens (tertiary/aromatic N) is 1. The van der Waals surface area contributed by atoms with Gasteiger partial charge in [0.15, 0.2) is 0 Å². The molecule has 0 aliphatic heterocycles. The first-order valence-corrected chi connectivity index (χ1v) is 11.2. The standard InChI is InChI=1S/C25H23N3O3S/c1-17-6-10-21(11-7-17)31-15-23-28-22(16-32-23)25(30)27-13-12-26-24(29)20-9-8-18-4-2-3-5-19(18)14-20/h2-11,14,16H,12-13,15H2,1H3,(H,26,29)(H,27,30). The van der Waals surface area contributed by atoms with Gasteiger partial charge in [0, 0.05) is 24.0 Å². The summed E-state index contributed by atoms with van der Waals surface area (Å²) in [6.45, 7) is 2.96. The first-order chi connectivity index (χ1) is 15.6. The quantitative estimate of drug-likeness (QED) is 0.395. The van der Waals surface area contributed by atoms with Gasteiger partial charge in [-0.3, -0.25) is 9.59 Å². The number of benzene rings is 3. The molecule has 6 nitrogen and oxygen atoms in total. The largest absolute Gasteiger partial charge is 0.486 e. The second-order valence-electron chi connectivity index (χ2n) is 7.30. The Kier molecular flexibility index (Phi) is 6.77. The van der Waals surface area contributed by atoms with E-state index in [0.717, 1.165) is 21.5 Å². The minimum atomic E-state index is -0.275. The van der Waals surface area contributed by atoms with Crippen molar-refractivity contribution in [3.63, 3.8) is 0 Å². The maximum Gasteiger partial charge on any atom is 0.270 e. The second kappa shape index (κ2) is 10.1. The second-order valence-corrected chi connectivity index (χ2v) is 8.24. The molecular formula is C25H23N3O3S. The van der Waals surface area contributed by atoms with Crippen molar-refractivity contribution in [2.45, 2.75) is 13.5 Å². The Balaban J connectivity index is 1.21. The zero-order valence-corrected chi connectivity index (χ0v) is 18.4. The SMILES string of the molecule is Cc1ccc(OCc2nc(C(=O)NCCNC(=O)c3ccc4ccccc4c3)cs2)cc1. The minimum absolute atomic E-state index is 0.172. The molecule has 0 fully saturated rings. The molecule has 0 aliphatic rings. The molecule has 4 aromatic rings. The fourth-order valence-electron chi connectivity index (χ4n) is 3.14. The van der Waals surface area contributed by atoms with Gasteiger partial charge in [0.25, 0.3) is 11.8 Å². The van der Waals surface area contributed by atoms with Crippen molar-refractivity contribution in [2.75, 3.05) is 13.1 Å². The van der Waals surface area contributed by atoms with Crippen LogP contribution in [0, 0.1) is 6.92 Å². The summed E-state index contributed by atoms with van der Waals surface area (Å²) >= 11 is 1.38. The molecule has 2 N–H and O–H groups in total. The van der Waals surface area contributed by atoms with E-state index in [9.17, 15) is 9.59 Å². The van der Waals surface area contributed by atoms with Crippen LogP contribution >= 0.6 is 11.3 Å². The van der Waals surface area contributed by atoms with Crippen molar-refractivity contribution in [1.82, 2.24) is 15.6 Å².